The Labute approximate surface area is 175 Å². The Hall–Kier alpha value is -3.59. The number of rotatable bonds is 8. The highest BCUT2D eigenvalue weighted by Crippen LogP contribution is 2.28. The van der Waals surface area contributed by atoms with E-state index in [0.717, 1.165) is 19.3 Å². The van der Waals surface area contributed by atoms with E-state index in [1.165, 1.54) is 24.3 Å². The Kier molecular flexibility index (Phi) is 6.87. The maximum absolute atomic E-state index is 12.6. The molecule has 0 heterocycles. The van der Waals surface area contributed by atoms with Gasteiger partial charge in [-0.1, -0.05) is 18.2 Å². The summed E-state index contributed by atoms with van der Waals surface area (Å²) in [6, 6.07) is 12.6. The van der Waals surface area contributed by atoms with E-state index in [0.29, 0.717) is 22.6 Å². The number of Topliss-reactive ketones (excluding diaryl/α,β-unsaturated/α-hetero) is 1. The van der Waals surface area contributed by atoms with Gasteiger partial charge in [-0.2, -0.15) is 5.26 Å². The molecule has 0 spiro atoms. The van der Waals surface area contributed by atoms with Gasteiger partial charge in [0.15, 0.2) is 24.2 Å². The molecule has 0 saturated heterocycles. The molecule has 0 radical (unpaired) electrons. The fourth-order valence-corrected chi connectivity index (χ4v) is 3.41. The van der Waals surface area contributed by atoms with E-state index in [1.807, 2.05) is 18.2 Å². The van der Waals surface area contributed by atoms with Gasteiger partial charge in [-0.15, -0.1) is 0 Å². The molecule has 1 unspecified atom stereocenters. The predicted octanol–water partition coefficient (Wildman–Crippen LogP) is 3.91. The Morgan fingerprint density at radius 1 is 1.13 bits per heavy atom. The summed E-state index contributed by atoms with van der Waals surface area (Å²) in [5.74, 6) is 0.0566. The van der Waals surface area contributed by atoms with Crippen LogP contribution in [0.2, 0.25) is 0 Å². The van der Waals surface area contributed by atoms with Crippen LogP contribution in [0.3, 0.4) is 0 Å². The Morgan fingerprint density at radius 2 is 1.93 bits per heavy atom. The third-order valence-corrected chi connectivity index (χ3v) is 4.94. The maximum Gasteiger partial charge on any atom is 0.331 e. The number of fused-ring (bicyclic) bond motifs is 1. The molecule has 0 bridgehead atoms. The first-order chi connectivity index (χ1) is 14.5. The van der Waals surface area contributed by atoms with Crippen molar-refractivity contribution in [1.82, 2.24) is 0 Å². The number of ether oxygens (including phenoxy) is 3. The lowest BCUT2D eigenvalue weighted by atomic mass is 10.0. The van der Waals surface area contributed by atoms with Crippen molar-refractivity contribution in [3.63, 3.8) is 0 Å². The third kappa shape index (κ3) is 5.06. The van der Waals surface area contributed by atoms with E-state index in [2.05, 4.69) is 0 Å². The van der Waals surface area contributed by atoms with Crippen molar-refractivity contribution in [2.45, 2.75) is 32.3 Å². The lowest BCUT2D eigenvalue weighted by Gasteiger charge is -2.12. The average Bonchev–Trinajstić information content (AvgIpc) is 3.23. The molecule has 2 aromatic carbocycles. The quantitative estimate of drug-likeness (QED) is 0.376. The number of hydrogen-bond donors (Lipinski definition) is 0. The van der Waals surface area contributed by atoms with E-state index < -0.39 is 12.1 Å². The Bertz CT molecular complexity index is 1020. The molecule has 2 aromatic rings. The van der Waals surface area contributed by atoms with E-state index in [-0.39, 0.29) is 12.4 Å². The van der Waals surface area contributed by atoms with Crippen LogP contribution in [-0.2, 0) is 22.4 Å². The fraction of sp³-hybridized carbons (Fsp3) is 0.292. The highest BCUT2D eigenvalue weighted by molar-refractivity contribution is 6.01. The van der Waals surface area contributed by atoms with Gasteiger partial charge in [0.1, 0.15) is 6.07 Å². The number of ketones is 1. The van der Waals surface area contributed by atoms with Crippen molar-refractivity contribution in [3.8, 4) is 17.6 Å². The van der Waals surface area contributed by atoms with Gasteiger partial charge in [-0.3, -0.25) is 4.79 Å². The summed E-state index contributed by atoms with van der Waals surface area (Å²) in [5.41, 5.74) is 3.75. The molecule has 0 saturated carbocycles. The minimum atomic E-state index is -0.877. The highest BCUT2D eigenvalue weighted by atomic mass is 16.5. The zero-order valence-electron chi connectivity index (χ0n) is 17.0. The van der Waals surface area contributed by atoms with Gasteiger partial charge < -0.3 is 14.2 Å². The first-order valence-corrected chi connectivity index (χ1v) is 9.74. The molecule has 1 aliphatic carbocycles. The molecular weight excluding hydrogens is 382 g/mol. The van der Waals surface area contributed by atoms with E-state index >= 15 is 0 Å². The fourth-order valence-electron chi connectivity index (χ4n) is 3.41. The number of benzene rings is 2. The standard InChI is InChI=1S/C24H23NO5/c1-16(24(27)20-9-8-18-4-3-5-19(18)15-20)30-23(26)11-7-17-6-10-21(29-13-12-25)22(14-17)28-2/h6-11,14-16H,3-5,13H2,1-2H3/b11-7+. The second-order valence-corrected chi connectivity index (χ2v) is 6.97. The summed E-state index contributed by atoms with van der Waals surface area (Å²) in [7, 11) is 1.49. The van der Waals surface area contributed by atoms with Gasteiger partial charge in [0, 0.05) is 11.6 Å². The van der Waals surface area contributed by atoms with Crippen LogP contribution in [0.15, 0.2) is 42.5 Å². The van der Waals surface area contributed by atoms with Crippen LogP contribution >= 0.6 is 0 Å². The zero-order valence-corrected chi connectivity index (χ0v) is 17.0. The van der Waals surface area contributed by atoms with E-state index in [4.69, 9.17) is 19.5 Å². The van der Waals surface area contributed by atoms with Crippen molar-refractivity contribution >= 4 is 17.8 Å². The van der Waals surface area contributed by atoms with Crippen molar-refractivity contribution in [3.05, 3.63) is 64.7 Å². The Morgan fingerprint density at radius 3 is 2.70 bits per heavy atom. The van der Waals surface area contributed by atoms with Crippen LogP contribution in [0.25, 0.3) is 6.08 Å². The Balaban J connectivity index is 1.61. The largest absolute Gasteiger partial charge is 0.493 e. The maximum atomic E-state index is 12.6. The lowest BCUT2D eigenvalue weighted by molar-refractivity contribution is -0.140. The van der Waals surface area contributed by atoms with Gasteiger partial charge >= 0.3 is 5.97 Å². The van der Waals surface area contributed by atoms with Crippen molar-refractivity contribution < 1.29 is 23.8 Å². The van der Waals surface area contributed by atoms with Crippen LogP contribution in [0, 0.1) is 11.3 Å². The molecule has 6 nitrogen and oxygen atoms in total. The lowest BCUT2D eigenvalue weighted by Crippen LogP contribution is -2.23. The molecule has 0 aliphatic heterocycles. The number of nitriles is 1. The van der Waals surface area contributed by atoms with Crippen LogP contribution in [0.5, 0.6) is 11.5 Å². The average molecular weight is 405 g/mol. The molecule has 0 amide bonds. The molecule has 6 heteroatoms. The highest BCUT2D eigenvalue weighted by Gasteiger charge is 2.20. The van der Waals surface area contributed by atoms with Gasteiger partial charge in [0.2, 0.25) is 5.78 Å². The van der Waals surface area contributed by atoms with Crippen molar-refractivity contribution in [1.29, 1.82) is 5.26 Å². The summed E-state index contributed by atoms with van der Waals surface area (Å²) in [6.07, 6.45) is 5.09. The molecule has 3 rings (SSSR count). The van der Waals surface area contributed by atoms with Crippen LogP contribution < -0.4 is 9.47 Å². The van der Waals surface area contributed by atoms with Gasteiger partial charge in [0.05, 0.1) is 7.11 Å². The second kappa shape index (κ2) is 9.75. The first-order valence-electron chi connectivity index (χ1n) is 9.74. The summed E-state index contributed by atoms with van der Waals surface area (Å²) >= 11 is 0. The zero-order chi connectivity index (χ0) is 21.5. The van der Waals surface area contributed by atoms with E-state index in [1.54, 1.807) is 37.3 Å². The topological polar surface area (TPSA) is 85.6 Å². The monoisotopic (exact) mass is 405 g/mol. The predicted molar refractivity (Wildman–Crippen MR) is 111 cm³/mol. The summed E-state index contributed by atoms with van der Waals surface area (Å²) in [4.78, 5) is 24.8. The molecule has 30 heavy (non-hydrogen) atoms. The van der Waals surface area contributed by atoms with Crippen LogP contribution in [-0.4, -0.2) is 31.6 Å². The van der Waals surface area contributed by atoms with Gasteiger partial charge in [-0.05, 0) is 67.2 Å². The number of esters is 1. The third-order valence-electron chi connectivity index (χ3n) is 4.94. The first kappa shape index (κ1) is 21.1. The minimum Gasteiger partial charge on any atom is -0.493 e. The number of hydrogen-bond acceptors (Lipinski definition) is 6. The number of carbonyl (C=O) groups is 2. The number of aryl methyl sites for hydroxylation is 2. The molecule has 1 aliphatic rings. The molecule has 1 atom stereocenters. The van der Waals surface area contributed by atoms with E-state index in [9.17, 15) is 9.59 Å². The van der Waals surface area contributed by atoms with Gasteiger partial charge in [-0.25, -0.2) is 4.79 Å². The van der Waals surface area contributed by atoms with Crippen LogP contribution in [0.1, 0.15) is 40.4 Å². The molecular formula is C24H23NO5. The smallest absolute Gasteiger partial charge is 0.331 e. The molecule has 154 valence electrons. The van der Waals surface area contributed by atoms with Crippen molar-refractivity contribution in [2.24, 2.45) is 0 Å². The summed E-state index contributed by atoms with van der Waals surface area (Å²) < 4.78 is 15.8. The molecule has 0 aromatic heterocycles. The molecule has 0 N–H and O–H groups in total. The normalized spacial score (nSPS) is 13.4. The SMILES string of the molecule is COc1cc(/C=C/C(=O)OC(C)C(=O)c2ccc3c(c2)CCC3)ccc1OCC#N. The van der Waals surface area contributed by atoms with Crippen LogP contribution in [0.4, 0.5) is 0 Å². The van der Waals surface area contributed by atoms with Gasteiger partial charge in [0.25, 0.3) is 0 Å². The molecule has 0 fully saturated rings. The second-order valence-electron chi connectivity index (χ2n) is 6.97. The summed E-state index contributed by atoms with van der Waals surface area (Å²) in [6.45, 7) is 1.49. The minimum absolute atomic E-state index is 0.0893. The summed E-state index contributed by atoms with van der Waals surface area (Å²) in [5, 5.41) is 8.61. The van der Waals surface area contributed by atoms with Crippen molar-refractivity contribution in [2.75, 3.05) is 13.7 Å². The number of methoxy groups -OCH3 is 1. The number of nitrogens with zero attached hydrogens (tertiary/aromatic N) is 1. The number of carbonyl (C=O) groups excluding carboxylic acids is 2.